The zero-order valence-corrected chi connectivity index (χ0v) is 22.7. The van der Waals surface area contributed by atoms with Crippen LogP contribution >= 0.6 is 71.3 Å². The van der Waals surface area contributed by atoms with Crippen LogP contribution in [0.5, 0.6) is 0 Å². The molecule has 9 heteroatoms. The van der Waals surface area contributed by atoms with Crippen LogP contribution in [0.1, 0.15) is 11.1 Å². The third-order valence-corrected chi connectivity index (χ3v) is 7.29. The van der Waals surface area contributed by atoms with Crippen LogP contribution in [0, 0.1) is 0 Å². The van der Waals surface area contributed by atoms with E-state index in [4.69, 9.17) is 11.5 Å². The first-order valence-corrected chi connectivity index (χ1v) is 13.5. The number of aliphatic imine (C=N–C) groups is 2. The van der Waals surface area contributed by atoms with Gasteiger partial charge in [-0.2, -0.15) is 0 Å². The standard InChI is InChI=1S/C22H19Br3N4S2/c23-16-3-7-19(8-4-16)28-21(26)30-12-14-1-2-18(25)11-15(14)13-31-22(27)29-20-9-5-17(24)6-10-20/h1-11H,12-13H2,(H2,26,28)(H2,27,29). The first kappa shape index (κ1) is 24.4. The summed E-state index contributed by atoms with van der Waals surface area (Å²) in [6, 6.07) is 21.7. The zero-order valence-electron chi connectivity index (χ0n) is 16.3. The summed E-state index contributed by atoms with van der Waals surface area (Å²) in [6.07, 6.45) is 0. The number of rotatable bonds is 6. The van der Waals surface area contributed by atoms with E-state index in [-0.39, 0.29) is 0 Å². The Bertz CT molecular complexity index is 1080. The molecule has 0 radical (unpaired) electrons. The Morgan fingerprint density at radius 1 is 0.613 bits per heavy atom. The molecule has 0 fully saturated rings. The van der Waals surface area contributed by atoms with Gasteiger partial charge in [0.2, 0.25) is 0 Å². The van der Waals surface area contributed by atoms with Gasteiger partial charge in [-0.05, 0) is 71.8 Å². The van der Waals surface area contributed by atoms with E-state index >= 15 is 0 Å². The van der Waals surface area contributed by atoms with E-state index < -0.39 is 0 Å². The lowest BCUT2D eigenvalue weighted by Gasteiger charge is -2.10. The average Bonchev–Trinajstić information content (AvgIpc) is 2.75. The predicted molar refractivity (Wildman–Crippen MR) is 148 cm³/mol. The maximum Gasteiger partial charge on any atom is 0.159 e. The molecule has 0 aliphatic rings. The number of hydrogen-bond donors (Lipinski definition) is 2. The minimum absolute atomic E-state index is 0.525. The normalized spacial score (nSPS) is 12.2. The Morgan fingerprint density at radius 2 is 1.03 bits per heavy atom. The Labute approximate surface area is 215 Å². The smallest absolute Gasteiger partial charge is 0.159 e. The lowest BCUT2D eigenvalue weighted by atomic mass is 10.1. The molecule has 0 saturated carbocycles. The molecule has 3 aromatic carbocycles. The molecular weight excluding hydrogens is 624 g/mol. The van der Waals surface area contributed by atoms with Gasteiger partial charge in [-0.1, -0.05) is 77.4 Å². The summed E-state index contributed by atoms with van der Waals surface area (Å²) < 4.78 is 3.05. The number of halogens is 3. The van der Waals surface area contributed by atoms with Gasteiger partial charge in [-0.3, -0.25) is 0 Å². The van der Waals surface area contributed by atoms with E-state index in [2.05, 4.69) is 69.9 Å². The molecule has 3 rings (SSSR count). The molecule has 0 saturated heterocycles. The number of hydrogen-bond acceptors (Lipinski definition) is 4. The van der Waals surface area contributed by atoms with Gasteiger partial charge in [0.15, 0.2) is 10.3 Å². The molecule has 0 bridgehead atoms. The molecule has 0 amide bonds. The van der Waals surface area contributed by atoms with Crippen LogP contribution in [-0.4, -0.2) is 10.3 Å². The van der Waals surface area contributed by atoms with Crippen LogP contribution in [0.3, 0.4) is 0 Å². The van der Waals surface area contributed by atoms with Gasteiger partial charge in [0, 0.05) is 24.9 Å². The van der Waals surface area contributed by atoms with Crippen LogP contribution in [0.2, 0.25) is 0 Å². The van der Waals surface area contributed by atoms with Crippen LogP contribution in [0.4, 0.5) is 11.4 Å². The Morgan fingerprint density at radius 3 is 1.52 bits per heavy atom. The van der Waals surface area contributed by atoms with Crippen molar-refractivity contribution in [2.75, 3.05) is 0 Å². The number of benzene rings is 3. The molecule has 4 nitrogen and oxygen atoms in total. The zero-order chi connectivity index (χ0) is 22.2. The molecule has 0 unspecified atom stereocenters. The van der Waals surface area contributed by atoms with Gasteiger partial charge in [0.25, 0.3) is 0 Å². The quantitative estimate of drug-likeness (QED) is 0.213. The highest BCUT2D eigenvalue weighted by Gasteiger charge is 2.07. The van der Waals surface area contributed by atoms with Crippen molar-refractivity contribution in [2.24, 2.45) is 21.5 Å². The fraction of sp³-hybridized carbons (Fsp3) is 0.0909. The summed E-state index contributed by atoms with van der Waals surface area (Å²) >= 11 is 13.4. The fourth-order valence-corrected chi connectivity index (χ4v) is 4.96. The molecule has 160 valence electrons. The SMILES string of the molecule is N/C(=N\c1ccc(Br)cc1)SCc1ccc(Br)cc1CS/C(N)=N/c1ccc(Br)cc1. The molecule has 0 heterocycles. The fourth-order valence-electron chi connectivity index (χ4n) is 2.52. The predicted octanol–water partition coefficient (Wildman–Crippen LogP) is 7.73. The molecular formula is C22H19Br3N4S2. The first-order chi connectivity index (χ1) is 14.9. The largest absolute Gasteiger partial charge is 0.378 e. The summed E-state index contributed by atoms with van der Waals surface area (Å²) in [5.74, 6) is 1.43. The van der Waals surface area contributed by atoms with Crippen molar-refractivity contribution in [3.63, 3.8) is 0 Å². The molecule has 3 aromatic rings. The second kappa shape index (κ2) is 12.1. The summed E-state index contributed by atoms with van der Waals surface area (Å²) in [4.78, 5) is 8.94. The Hall–Kier alpha value is -1.26. The minimum atomic E-state index is 0.525. The van der Waals surface area contributed by atoms with Crippen LogP contribution in [0.15, 0.2) is 90.1 Å². The highest BCUT2D eigenvalue weighted by molar-refractivity contribution is 9.11. The monoisotopic (exact) mass is 640 g/mol. The molecule has 4 N–H and O–H groups in total. The molecule has 0 aliphatic carbocycles. The highest BCUT2D eigenvalue weighted by atomic mass is 79.9. The lowest BCUT2D eigenvalue weighted by Crippen LogP contribution is -2.08. The second-order valence-electron chi connectivity index (χ2n) is 6.34. The van der Waals surface area contributed by atoms with Gasteiger partial charge in [-0.15, -0.1) is 0 Å². The topological polar surface area (TPSA) is 76.8 Å². The van der Waals surface area contributed by atoms with E-state index in [9.17, 15) is 0 Å². The number of amidine groups is 2. The van der Waals surface area contributed by atoms with Crippen molar-refractivity contribution in [3.05, 3.63) is 91.3 Å². The van der Waals surface area contributed by atoms with E-state index in [1.54, 1.807) is 0 Å². The van der Waals surface area contributed by atoms with Gasteiger partial charge in [0.05, 0.1) is 11.4 Å². The summed E-state index contributed by atoms with van der Waals surface area (Å²) in [6.45, 7) is 0. The van der Waals surface area contributed by atoms with Crippen molar-refractivity contribution in [1.29, 1.82) is 0 Å². The number of thioether (sulfide) groups is 2. The third kappa shape index (κ3) is 8.31. The lowest BCUT2D eigenvalue weighted by molar-refractivity contribution is 1.28. The highest BCUT2D eigenvalue weighted by Crippen LogP contribution is 2.26. The van der Waals surface area contributed by atoms with Gasteiger partial charge in [0.1, 0.15) is 0 Å². The maximum atomic E-state index is 6.14. The van der Waals surface area contributed by atoms with Crippen LogP contribution < -0.4 is 11.5 Å². The Balaban J connectivity index is 1.64. The van der Waals surface area contributed by atoms with Crippen molar-refractivity contribution < 1.29 is 0 Å². The molecule has 0 atom stereocenters. The summed E-state index contributed by atoms with van der Waals surface area (Å²) in [5, 5.41) is 1.05. The van der Waals surface area contributed by atoms with Gasteiger partial charge in [-0.25, -0.2) is 9.98 Å². The van der Waals surface area contributed by atoms with E-state index in [1.807, 2.05) is 54.6 Å². The average molecular weight is 643 g/mol. The molecule has 0 aliphatic heterocycles. The van der Waals surface area contributed by atoms with E-state index in [0.717, 1.165) is 30.5 Å². The number of nitrogens with zero attached hydrogens (tertiary/aromatic N) is 2. The number of nitrogens with two attached hydrogens (primary N) is 2. The second-order valence-corrected chi connectivity index (χ2v) is 11.1. The third-order valence-electron chi connectivity index (χ3n) is 4.05. The van der Waals surface area contributed by atoms with Crippen LogP contribution in [0.25, 0.3) is 0 Å². The first-order valence-electron chi connectivity index (χ1n) is 9.11. The maximum absolute atomic E-state index is 6.14. The van der Waals surface area contributed by atoms with E-state index in [1.165, 1.54) is 34.7 Å². The van der Waals surface area contributed by atoms with Crippen molar-refractivity contribution in [2.45, 2.75) is 11.5 Å². The van der Waals surface area contributed by atoms with Crippen molar-refractivity contribution in [3.8, 4) is 0 Å². The minimum Gasteiger partial charge on any atom is -0.378 e. The molecule has 31 heavy (non-hydrogen) atoms. The van der Waals surface area contributed by atoms with Gasteiger partial charge < -0.3 is 11.5 Å². The van der Waals surface area contributed by atoms with Crippen molar-refractivity contribution in [1.82, 2.24) is 0 Å². The molecule has 0 aromatic heterocycles. The van der Waals surface area contributed by atoms with E-state index in [0.29, 0.717) is 16.1 Å². The van der Waals surface area contributed by atoms with Crippen molar-refractivity contribution >= 4 is 93.0 Å². The Kier molecular flexibility index (Phi) is 9.52. The van der Waals surface area contributed by atoms with Gasteiger partial charge >= 0.3 is 0 Å². The summed E-state index contributed by atoms with van der Waals surface area (Å²) in [5.41, 5.74) is 16.3. The molecule has 0 spiro atoms. The summed E-state index contributed by atoms with van der Waals surface area (Å²) in [7, 11) is 0. The van der Waals surface area contributed by atoms with Crippen LogP contribution in [-0.2, 0) is 11.5 Å².